The molecular weight excluding hydrogens is 484 g/mol. The second-order valence-electron chi connectivity index (χ2n) is 9.40. The topological polar surface area (TPSA) is 119 Å². The Kier molecular flexibility index (Phi) is 7.48. The highest BCUT2D eigenvalue weighted by atomic mass is 16.5. The Hall–Kier alpha value is -4.47. The molecule has 2 aliphatic heterocycles. The standard InChI is InChI=1S/C28H30N6O4/c1-18-12-21(6-8-25(18)38-23-7-5-19(2)30-14-23)33-27-24-13-20(9-10-29-26(24)31-16-32-27)28(36)34-11-3-4-22(34)15-37-17-35/h5-8,12-14,16-17,22H,3-4,9-11,15H2,1-2H3,(H2,29,31,32,33)/t22-/m0/s1. The Morgan fingerprint density at radius 2 is 2.11 bits per heavy atom. The van der Waals surface area contributed by atoms with Crippen LogP contribution in [0.3, 0.4) is 0 Å². The fourth-order valence-electron chi connectivity index (χ4n) is 4.73. The molecule has 0 bridgehead atoms. The lowest BCUT2D eigenvalue weighted by atomic mass is 10.1. The van der Waals surface area contributed by atoms with Crippen LogP contribution in [0.15, 0.2) is 48.4 Å². The number of likely N-dealkylation sites (tertiary alicyclic amines) is 1. The molecule has 196 valence electrons. The Morgan fingerprint density at radius 1 is 1.21 bits per heavy atom. The van der Waals surface area contributed by atoms with Gasteiger partial charge in [0.2, 0.25) is 5.91 Å². The normalized spacial score (nSPS) is 16.5. The first-order valence-electron chi connectivity index (χ1n) is 12.7. The third kappa shape index (κ3) is 5.59. The first-order chi connectivity index (χ1) is 18.5. The maximum Gasteiger partial charge on any atom is 0.293 e. The molecule has 0 aliphatic carbocycles. The maximum atomic E-state index is 13.5. The second-order valence-corrected chi connectivity index (χ2v) is 9.40. The van der Waals surface area contributed by atoms with Gasteiger partial charge in [0.05, 0.1) is 17.8 Å². The molecule has 1 saturated heterocycles. The van der Waals surface area contributed by atoms with Gasteiger partial charge in [0, 0.05) is 30.0 Å². The monoisotopic (exact) mass is 514 g/mol. The van der Waals surface area contributed by atoms with E-state index in [4.69, 9.17) is 9.47 Å². The summed E-state index contributed by atoms with van der Waals surface area (Å²) in [7, 11) is 0. The number of aromatic nitrogens is 3. The minimum atomic E-state index is -0.103. The fraction of sp³-hybridized carbons (Fsp3) is 0.321. The number of hydrogen-bond donors (Lipinski definition) is 2. The van der Waals surface area contributed by atoms with Gasteiger partial charge in [-0.1, -0.05) is 0 Å². The maximum absolute atomic E-state index is 13.5. The number of rotatable bonds is 8. The van der Waals surface area contributed by atoms with Gasteiger partial charge in [0.25, 0.3) is 6.47 Å². The van der Waals surface area contributed by atoms with Crippen molar-refractivity contribution in [2.75, 3.05) is 30.3 Å². The molecule has 10 nitrogen and oxygen atoms in total. The van der Waals surface area contributed by atoms with E-state index in [-0.39, 0.29) is 18.6 Å². The lowest BCUT2D eigenvalue weighted by molar-refractivity contribution is -0.135. The summed E-state index contributed by atoms with van der Waals surface area (Å²) in [6.45, 7) is 5.77. The minimum absolute atomic E-state index is 0.0469. The molecule has 2 N–H and O–H groups in total. The molecule has 38 heavy (non-hydrogen) atoms. The molecule has 0 radical (unpaired) electrons. The quantitative estimate of drug-likeness (QED) is 0.422. The van der Waals surface area contributed by atoms with Crippen LogP contribution in [0.4, 0.5) is 17.3 Å². The summed E-state index contributed by atoms with van der Waals surface area (Å²) in [5, 5.41) is 6.69. The third-order valence-electron chi connectivity index (χ3n) is 6.71. The number of hydrogen-bond acceptors (Lipinski definition) is 9. The summed E-state index contributed by atoms with van der Waals surface area (Å²) in [6.07, 6.45) is 7.31. The van der Waals surface area contributed by atoms with Crippen molar-refractivity contribution in [3.8, 4) is 11.5 Å². The van der Waals surface area contributed by atoms with E-state index in [1.807, 2.05) is 55.2 Å². The highest BCUT2D eigenvalue weighted by Crippen LogP contribution is 2.32. The Bertz CT molecular complexity index is 1360. The number of carbonyl (C=O) groups excluding carboxylic acids is 2. The molecule has 2 aromatic heterocycles. The van der Waals surface area contributed by atoms with Crippen molar-refractivity contribution in [2.24, 2.45) is 0 Å². The van der Waals surface area contributed by atoms with E-state index in [2.05, 4.69) is 25.6 Å². The Labute approximate surface area is 221 Å². The van der Waals surface area contributed by atoms with Gasteiger partial charge in [0.15, 0.2) is 0 Å². The number of nitrogens with one attached hydrogen (secondary N) is 2. The Morgan fingerprint density at radius 3 is 2.89 bits per heavy atom. The fourth-order valence-corrected chi connectivity index (χ4v) is 4.73. The molecule has 10 heteroatoms. The molecular formula is C28H30N6O4. The van der Waals surface area contributed by atoms with E-state index in [9.17, 15) is 9.59 Å². The molecule has 0 unspecified atom stereocenters. The molecule has 0 spiro atoms. The highest BCUT2D eigenvalue weighted by Gasteiger charge is 2.31. The van der Waals surface area contributed by atoms with E-state index in [0.717, 1.165) is 41.1 Å². The molecule has 0 saturated carbocycles. The van der Waals surface area contributed by atoms with Crippen LogP contribution in [0.2, 0.25) is 0 Å². The summed E-state index contributed by atoms with van der Waals surface area (Å²) in [5.41, 5.74) is 4.08. The van der Waals surface area contributed by atoms with Gasteiger partial charge in [-0.3, -0.25) is 14.6 Å². The zero-order valence-electron chi connectivity index (χ0n) is 21.4. The average molecular weight is 515 g/mol. The molecule has 1 amide bonds. The van der Waals surface area contributed by atoms with Crippen LogP contribution in [0.5, 0.6) is 11.5 Å². The zero-order valence-corrected chi connectivity index (χ0v) is 21.4. The minimum Gasteiger partial charge on any atom is -0.466 e. The smallest absolute Gasteiger partial charge is 0.293 e. The van der Waals surface area contributed by atoms with Crippen molar-refractivity contribution in [3.63, 3.8) is 0 Å². The second kappa shape index (κ2) is 11.3. The number of nitrogens with zero attached hydrogens (tertiary/aromatic N) is 4. The van der Waals surface area contributed by atoms with Crippen molar-refractivity contribution in [3.05, 3.63) is 65.2 Å². The van der Waals surface area contributed by atoms with Gasteiger partial charge in [-0.15, -0.1) is 0 Å². The molecule has 5 rings (SSSR count). The number of benzene rings is 1. The van der Waals surface area contributed by atoms with Crippen molar-refractivity contribution >= 4 is 35.8 Å². The molecule has 1 aromatic carbocycles. The van der Waals surface area contributed by atoms with Crippen molar-refractivity contribution in [1.82, 2.24) is 19.9 Å². The van der Waals surface area contributed by atoms with Crippen molar-refractivity contribution in [2.45, 2.75) is 39.2 Å². The third-order valence-corrected chi connectivity index (χ3v) is 6.71. The van der Waals surface area contributed by atoms with Crippen molar-refractivity contribution < 1.29 is 19.1 Å². The largest absolute Gasteiger partial charge is 0.466 e. The van der Waals surface area contributed by atoms with Gasteiger partial charge in [-0.2, -0.15) is 0 Å². The van der Waals surface area contributed by atoms with Crippen LogP contribution in [0, 0.1) is 13.8 Å². The number of carbonyl (C=O) groups is 2. The number of anilines is 3. The lowest BCUT2D eigenvalue weighted by Gasteiger charge is -2.25. The number of amides is 1. The highest BCUT2D eigenvalue weighted by molar-refractivity contribution is 6.00. The number of aryl methyl sites for hydroxylation is 2. The molecule has 4 heterocycles. The first-order valence-corrected chi connectivity index (χ1v) is 12.7. The summed E-state index contributed by atoms with van der Waals surface area (Å²) in [4.78, 5) is 39.1. The first kappa shape index (κ1) is 25.2. The molecule has 2 aliphatic rings. The summed E-state index contributed by atoms with van der Waals surface area (Å²) < 4.78 is 11.0. The van der Waals surface area contributed by atoms with Gasteiger partial charge in [0.1, 0.15) is 36.1 Å². The summed E-state index contributed by atoms with van der Waals surface area (Å²) in [5.74, 6) is 2.61. The predicted molar refractivity (Wildman–Crippen MR) is 143 cm³/mol. The van der Waals surface area contributed by atoms with E-state index >= 15 is 0 Å². The number of pyridine rings is 1. The number of fused-ring (bicyclic) bond motifs is 1. The predicted octanol–water partition coefficient (Wildman–Crippen LogP) is 4.39. The van der Waals surface area contributed by atoms with Crippen LogP contribution in [-0.2, 0) is 14.3 Å². The molecule has 1 fully saturated rings. The van der Waals surface area contributed by atoms with Gasteiger partial charge in [-0.05, 0) is 75.1 Å². The van der Waals surface area contributed by atoms with Crippen LogP contribution < -0.4 is 15.4 Å². The lowest BCUT2D eigenvalue weighted by Crippen LogP contribution is -2.39. The van der Waals surface area contributed by atoms with E-state index in [1.165, 1.54) is 6.33 Å². The molecule has 3 aromatic rings. The average Bonchev–Trinajstić information content (AvgIpc) is 3.27. The van der Waals surface area contributed by atoms with Gasteiger partial charge < -0.3 is 25.0 Å². The van der Waals surface area contributed by atoms with E-state index < -0.39 is 0 Å². The SMILES string of the molecule is Cc1ccc(Oc2ccc(Nc3ncnc4c3C=C(C(=O)N3CCC[C@H]3COC=O)CCN4)cc2C)cn1. The number of ether oxygens (including phenoxy) is 2. The van der Waals surface area contributed by atoms with Gasteiger partial charge in [-0.25, -0.2) is 9.97 Å². The summed E-state index contributed by atoms with van der Waals surface area (Å²) >= 11 is 0. The van der Waals surface area contributed by atoms with Crippen LogP contribution in [-0.4, -0.2) is 58.0 Å². The van der Waals surface area contributed by atoms with E-state index in [0.29, 0.717) is 48.9 Å². The Balaban J connectivity index is 1.37. The molecule has 1 atom stereocenters. The van der Waals surface area contributed by atoms with Crippen LogP contribution in [0.1, 0.15) is 36.1 Å². The van der Waals surface area contributed by atoms with Crippen molar-refractivity contribution in [1.29, 1.82) is 0 Å². The summed E-state index contributed by atoms with van der Waals surface area (Å²) in [6, 6.07) is 9.49. The van der Waals surface area contributed by atoms with Crippen LogP contribution in [0.25, 0.3) is 6.08 Å². The van der Waals surface area contributed by atoms with Gasteiger partial charge >= 0.3 is 0 Å². The van der Waals surface area contributed by atoms with Crippen LogP contribution >= 0.6 is 0 Å². The van der Waals surface area contributed by atoms with E-state index in [1.54, 1.807) is 6.20 Å². The zero-order chi connectivity index (χ0) is 26.5.